The first kappa shape index (κ1) is 25.2. The van der Waals surface area contributed by atoms with Gasteiger partial charge in [0.1, 0.15) is 16.5 Å². The Bertz CT molecular complexity index is 1130. The zero-order chi connectivity index (χ0) is 24.8. The van der Waals surface area contributed by atoms with Gasteiger partial charge in [-0.3, -0.25) is 9.69 Å². The van der Waals surface area contributed by atoms with Crippen LogP contribution in [0.4, 0.5) is 13.2 Å². The van der Waals surface area contributed by atoms with Gasteiger partial charge in [-0.05, 0) is 29.3 Å². The number of hydrogen-bond acceptors (Lipinski definition) is 6. The van der Waals surface area contributed by atoms with Crippen LogP contribution in [-0.4, -0.2) is 54.1 Å². The molecule has 1 amide bonds. The van der Waals surface area contributed by atoms with Gasteiger partial charge >= 0.3 is 6.18 Å². The standard InChI is InChI=1S/C25H26F3N3O3S/c1-33-21-7-5-18(6-8-21)14-30(15-19-3-2-4-20(13-19)25(26,27)28)16-23-29-22(17-35-23)24(32)31-9-11-34-12-10-31/h2-8,13,17H,9-12,14-16H2,1H3. The summed E-state index contributed by atoms with van der Waals surface area (Å²) in [5.74, 6) is 0.597. The lowest BCUT2D eigenvalue weighted by Crippen LogP contribution is -2.40. The van der Waals surface area contributed by atoms with Crippen molar-refractivity contribution in [3.05, 3.63) is 81.3 Å². The molecule has 1 saturated heterocycles. The van der Waals surface area contributed by atoms with Crippen LogP contribution in [-0.2, 0) is 30.5 Å². The molecule has 0 radical (unpaired) electrons. The van der Waals surface area contributed by atoms with Gasteiger partial charge in [0, 0.05) is 31.6 Å². The molecule has 35 heavy (non-hydrogen) atoms. The summed E-state index contributed by atoms with van der Waals surface area (Å²) in [7, 11) is 1.59. The van der Waals surface area contributed by atoms with Crippen molar-refractivity contribution in [3.63, 3.8) is 0 Å². The number of carbonyl (C=O) groups excluding carboxylic acids is 1. The van der Waals surface area contributed by atoms with E-state index in [2.05, 4.69) is 4.98 Å². The number of amides is 1. The Morgan fingerprint density at radius 1 is 1.09 bits per heavy atom. The molecule has 0 N–H and O–H groups in total. The Balaban J connectivity index is 1.52. The minimum Gasteiger partial charge on any atom is -0.497 e. The van der Waals surface area contributed by atoms with Crippen molar-refractivity contribution in [2.24, 2.45) is 0 Å². The number of hydrogen-bond donors (Lipinski definition) is 0. The summed E-state index contributed by atoms with van der Waals surface area (Å²) in [5.41, 5.74) is 1.25. The van der Waals surface area contributed by atoms with E-state index in [4.69, 9.17) is 9.47 Å². The largest absolute Gasteiger partial charge is 0.497 e. The van der Waals surface area contributed by atoms with Crippen LogP contribution in [0.5, 0.6) is 5.75 Å². The minimum absolute atomic E-state index is 0.129. The van der Waals surface area contributed by atoms with E-state index in [1.54, 1.807) is 23.5 Å². The molecular formula is C25H26F3N3O3S. The molecule has 1 aliphatic heterocycles. The molecule has 0 bridgehead atoms. The van der Waals surface area contributed by atoms with Crippen molar-refractivity contribution < 1.29 is 27.4 Å². The van der Waals surface area contributed by atoms with E-state index in [0.717, 1.165) is 22.4 Å². The van der Waals surface area contributed by atoms with Gasteiger partial charge in [0.05, 0.1) is 32.4 Å². The van der Waals surface area contributed by atoms with Crippen LogP contribution in [0.15, 0.2) is 53.9 Å². The Labute approximate surface area is 205 Å². The number of ether oxygens (including phenoxy) is 2. The number of aromatic nitrogens is 1. The second kappa shape index (κ2) is 11.2. The van der Waals surface area contributed by atoms with Crippen LogP contribution < -0.4 is 4.74 Å². The van der Waals surface area contributed by atoms with Crippen LogP contribution in [0.3, 0.4) is 0 Å². The first-order valence-corrected chi connectivity index (χ1v) is 12.0. The molecule has 1 aliphatic rings. The molecule has 186 valence electrons. The molecule has 0 atom stereocenters. The second-order valence-corrected chi connectivity index (χ2v) is 9.17. The molecule has 2 heterocycles. The Morgan fingerprint density at radius 2 is 1.80 bits per heavy atom. The molecule has 1 fully saturated rings. The van der Waals surface area contributed by atoms with Crippen LogP contribution in [0.25, 0.3) is 0 Å². The summed E-state index contributed by atoms with van der Waals surface area (Å²) in [6.07, 6.45) is -4.40. The van der Waals surface area contributed by atoms with Gasteiger partial charge in [-0.15, -0.1) is 11.3 Å². The highest BCUT2D eigenvalue weighted by molar-refractivity contribution is 7.09. The summed E-state index contributed by atoms with van der Waals surface area (Å²) in [4.78, 5) is 21.0. The summed E-state index contributed by atoms with van der Waals surface area (Å²) in [6.45, 7) is 3.26. The number of rotatable bonds is 8. The predicted molar refractivity (Wildman–Crippen MR) is 126 cm³/mol. The molecule has 3 aromatic rings. The lowest BCUT2D eigenvalue weighted by Gasteiger charge is -2.26. The average molecular weight is 506 g/mol. The molecule has 10 heteroatoms. The van der Waals surface area contributed by atoms with Crippen molar-refractivity contribution in [3.8, 4) is 5.75 Å². The van der Waals surface area contributed by atoms with Gasteiger partial charge in [0.25, 0.3) is 5.91 Å². The smallest absolute Gasteiger partial charge is 0.416 e. The minimum atomic E-state index is -4.40. The van der Waals surface area contributed by atoms with Gasteiger partial charge in [-0.1, -0.05) is 30.3 Å². The number of nitrogens with zero attached hydrogens (tertiary/aromatic N) is 3. The number of carbonyl (C=O) groups is 1. The number of benzene rings is 2. The molecule has 0 saturated carbocycles. The summed E-state index contributed by atoms with van der Waals surface area (Å²) < 4.78 is 50.2. The summed E-state index contributed by atoms with van der Waals surface area (Å²) in [6, 6.07) is 12.9. The maximum atomic E-state index is 13.2. The number of halogens is 3. The first-order valence-electron chi connectivity index (χ1n) is 11.1. The van der Waals surface area contributed by atoms with Gasteiger partial charge in [-0.25, -0.2) is 4.98 Å². The number of methoxy groups -OCH3 is 1. The van der Waals surface area contributed by atoms with Crippen molar-refractivity contribution in [2.75, 3.05) is 33.4 Å². The quantitative estimate of drug-likeness (QED) is 0.438. The molecular weight excluding hydrogens is 479 g/mol. The van der Waals surface area contributed by atoms with Crippen molar-refractivity contribution >= 4 is 17.2 Å². The number of morpholine rings is 1. The van der Waals surface area contributed by atoms with E-state index >= 15 is 0 Å². The fourth-order valence-electron chi connectivity index (χ4n) is 3.86. The normalized spacial score (nSPS) is 14.4. The lowest BCUT2D eigenvalue weighted by molar-refractivity contribution is -0.137. The average Bonchev–Trinajstić information content (AvgIpc) is 3.32. The van der Waals surface area contributed by atoms with E-state index in [-0.39, 0.29) is 5.91 Å². The molecule has 6 nitrogen and oxygen atoms in total. The number of alkyl halides is 3. The zero-order valence-electron chi connectivity index (χ0n) is 19.3. The molecule has 1 aromatic heterocycles. The Morgan fingerprint density at radius 3 is 2.49 bits per heavy atom. The lowest BCUT2D eigenvalue weighted by atomic mass is 10.1. The molecule has 2 aromatic carbocycles. The molecule has 0 aliphatic carbocycles. The molecule has 4 rings (SSSR count). The van der Waals surface area contributed by atoms with Crippen LogP contribution >= 0.6 is 11.3 Å². The third kappa shape index (κ3) is 6.81. The van der Waals surface area contributed by atoms with Gasteiger partial charge < -0.3 is 14.4 Å². The summed E-state index contributed by atoms with van der Waals surface area (Å²) in [5, 5.41) is 2.46. The fourth-order valence-corrected chi connectivity index (χ4v) is 4.67. The van der Waals surface area contributed by atoms with E-state index in [9.17, 15) is 18.0 Å². The fraction of sp³-hybridized carbons (Fsp3) is 0.360. The highest BCUT2D eigenvalue weighted by atomic mass is 32.1. The first-order chi connectivity index (χ1) is 16.8. The van der Waals surface area contributed by atoms with Crippen LogP contribution in [0, 0.1) is 0 Å². The second-order valence-electron chi connectivity index (χ2n) is 8.22. The highest BCUT2D eigenvalue weighted by Gasteiger charge is 2.30. The topological polar surface area (TPSA) is 54.9 Å². The monoisotopic (exact) mass is 505 g/mol. The van der Waals surface area contributed by atoms with Crippen LogP contribution in [0.1, 0.15) is 32.2 Å². The van der Waals surface area contributed by atoms with Gasteiger partial charge in [0.15, 0.2) is 0 Å². The summed E-state index contributed by atoms with van der Waals surface area (Å²) >= 11 is 1.37. The maximum Gasteiger partial charge on any atom is 0.416 e. The van der Waals surface area contributed by atoms with E-state index < -0.39 is 11.7 Å². The number of thiazole rings is 1. The van der Waals surface area contributed by atoms with Gasteiger partial charge in [0.2, 0.25) is 0 Å². The zero-order valence-corrected chi connectivity index (χ0v) is 20.1. The molecule has 0 spiro atoms. The van der Waals surface area contributed by atoms with E-state index in [1.165, 1.54) is 23.5 Å². The third-order valence-electron chi connectivity index (χ3n) is 5.65. The van der Waals surface area contributed by atoms with Crippen molar-refractivity contribution in [1.82, 2.24) is 14.8 Å². The highest BCUT2D eigenvalue weighted by Crippen LogP contribution is 2.30. The molecule has 0 unspecified atom stereocenters. The van der Waals surface area contributed by atoms with Crippen LogP contribution in [0.2, 0.25) is 0 Å². The van der Waals surface area contributed by atoms with Crippen molar-refractivity contribution in [2.45, 2.75) is 25.8 Å². The van der Waals surface area contributed by atoms with Crippen molar-refractivity contribution in [1.29, 1.82) is 0 Å². The van der Waals surface area contributed by atoms with E-state index in [1.807, 2.05) is 29.2 Å². The Hall–Kier alpha value is -2.95. The van der Waals surface area contributed by atoms with Gasteiger partial charge in [-0.2, -0.15) is 13.2 Å². The third-order valence-corrected chi connectivity index (χ3v) is 6.49. The SMILES string of the molecule is COc1ccc(CN(Cc2cccc(C(F)(F)F)c2)Cc2nc(C(=O)N3CCOCC3)cs2)cc1. The van der Waals surface area contributed by atoms with E-state index in [0.29, 0.717) is 57.2 Å². The maximum absolute atomic E-state index is 13.2. The predicted octanol–water partition coefficient (Wildman–Crippen LogP) is 4.85. The Kier molecular flexibility index (Phi) is 8.04.